The SMILES string of the molecule is C#CCOCCCCCCCCCCOc1ccc(C[NH2+]Cc2c3ccccc3cc3ccccc23)cc1.F[P-](F)(F)(F)(F)F. The Morgan fingerprint density at radius 3 is 1.64 bits per heavy atom. The number of ether oxygens (including phenoxy) is 2. The van der Waals surface area contributed by atoms with Gasteiger partial charge in [-0.2, -0.15) is 0 Å². The van der Waals surface area contributed by atoms with Gasteiger partial charge in [0.25, 0.3) is 0 Å². The maximum absolute atomic E-state index is 10.7. The van der Waals surface area contributed by atoms with Crippen LogP contribution in [-0.4, -0.2) is 19.8 Å². The average Bonchev–Trinajstić information content (AvgIpc) is 2.98. The Labute approximate surface area is 261 Å². The first-order valence-corrected chi connectivity index (χ1v) is 17.3. The number of hydrogen-bond acceptors (Lipinski definition) is 2. The van der Waals surface area contributed by atoms with Crippen molar-refractivity contribution >= 4 is 29.4 Å². The number of halogens is 6. The van der Waals surface area contributed by atoms with Crippen LogP contribution in [0.1, 0.15) is 62.5 Å². The molecule has 0 unspecified atom stereocenters. The van der Waals surface area contributed by atoms with Crippen LogP contribution in [-0.2, 0) is 17.8 Å². The number of benzene rings is 4. The van der Waals surface area contributed by atoms with E-state index in [0.717, 1.165) is 44.9 Å². The van der Waals surface area contributed by atoms with Crippen molar-refractivity contribution in [3.05, 3.63) is 90.0 Å². The predicted molar refractivity (Wildman–Crippen MR) is 173 cm³/mol. The van der Waals surface area contributed by atoms with Crippen molar-refractivity contribution in [1.82, 2.24) is 0 Å². The van der Waals surface area contributed by atoms with Crippen LogP contribution in [0.4, 0.5) is 25.2 Å². The number of hydrogen-bond donors (Lipinski definition) is 1. The Morgan fingerprint density at radius 1 is 0.622 bits per heavy atom. The molecule has 0 aliphatic rings. The van der Waals surface area contributed by atoms with E-state index in [0.29, 0.717) is 6.61 Å². The molecule has 0 aromatic heterocycles. The minimum atomic E-state index is -10.7. The van der Waals surface area contributed by atoms with Gasteiger partial charge in [0.2, 0.25) is 0 Å². The molecule has 0 radical (unpaired) electrons. The first-order valence-electron chi connectivity index (χ1n) is 15.3. The summed E-state index contributed by atoms with van der Waals surface area (Å²) in [5.41, 5.74) is 2.74. The molecule has 45 heavy (non-hydrogen) atoms. The van der Waals surface area contributed by atoms with Gasteiger partial charge in [0.15, 0.2) is 0 Å². The number of quaternary nitrogens is 1. The topological polar surface area (TPSA) is 35.1 Å². The van der Waals surface area contributed by atoms with Gasteiger partial charge >= 0.3 is 33.0 Å². The van der Waals surface area contributed by atoms with Crippen LogP contribution in [0.5, 0.6) is 5.75 Å². The third-order valence-electron chi connectivity index (χ3n) is 7.17. The van der Waals surface area contributed by atoms with Crippen molar-refractivity contribution in [2.45, 2.75) is 64.5 Å². The van der Waals surface area contributed by atoms with Gasteiger partial charge < -0.3 is 14.8 Å². The summed E-state index contributed by atoms with van der Waals surface area (Å²) < 4.78 is 70.5. The van der Waals surface area contributed by atoms with Crippen molar-refractivity contribution < 1.29 is 40.0 Å². The fraction of sp³-hybridized carbons (Fsp3) is 0.371. The second-order valence-corrected chi connectivity index (χ2v) is 12.9. The van der Waals surface area contributed by atoms with Gasteiger partial charge in [-0.25, -0.2) is 0 Å². The third kappa shape index (κ3) is 16.0. The molecule has 0 amide bonds. The molecule has 10 heteroatoms. The molecular formula is C35H42F6NO2P. The summed E-state index contributed by atoms with van der Waals surface area (Å²) in [7, 11) is -10.7. The Bertz CT molecular complexity index is 1460. The first kappa shape index (κ1) is 36.2. The molecule has 0 bridgehead atoms. The van der Waals surface area contributed by atoms with Crippen LogP contribution in [0.25, 0.3) is 21.5 Å². The average molecular weight is 654 g/mol. The van der Waals surface area contributed by atoms with Crippen LogP contribution in [0, 0.1) is 12.3 Å². The molecule has 4 aromatic rings. The molecule has 4 aromatic carbocycles. The normalized spacial score (nSPS) is 13.0. The van der Waals surface area contributed by atoms with E-state index in [-0.39, 0.29) is 0 Å². The summed E-state index contributed by atoms with van der Waals surface area (Å²) in [4.78, 5) is 0. The second kappa shape index (κ2) is 16.3. The zero-order valence-corrected chi connectivity index (χ0v) is 26.3. The monoisotopic (exact) mass is 653 g/mol. The Balaban J connectivity index is 0.000000707. The van der Waals surface area contributed by atoms with Gasteiger partial charge in [-0.15, -0.1) is 6.42 Å². The number of unbranched alkanes of at least 4 members (excludes halogenated alkanes) is 7. The van der Waals surface area contributed by atoms with E-state index in [1.807, 2.05) is 0 Å². The van der Waals surface area contributed by atoms with E-state index in [4.69, 9.17) is 15.9 Å². The molecule has 3 nitrogen and oxygen atoms in total. The minimum absolute atomic E-state index is 0.440. The van der Waals surface area contributed by atoms with E-state index in [1.54, 1.807) is 0 Å². The molecule has 0 aliphatic carbocycles. The molecule has 4 rings (SSSR count). The van der Waals surface area contributed by atoms with Gasteiger partial charge in [-0.05, 0) is 64.7 Å². The van der Waals surface area contributed by atoms with Crippen LogP contribution in [0.3, 0.4) is 0 Å². The van der Waals surface area contributed by atoms with E-state index >= 15 is 0 Å². The van der Waals surface area contributed by atoms with Gasteiger partial charge in [0.1, 0.15) is 25.4 Å². The van der Waals surface area contributed by atoms with E-state index in [1.165, 1.54) is 71.2 Å². The van der Waals surface area contributed by atoms with Crippen molar-refractivity contribution in [3.8, 4) is 18.1 Å². The van der Waals surface area contributed by atoms with Crippen molar-refractivity contribution in [1.29, 1.82) is 0 Å². The van der Waals surface area contributed by atoms with Crippen molar-refractivity contribution in [2.75, 3.05) is 19.8 Å². The molecule has 0 heterocycles. The summed E-state index contributed by atoms with van der Waals surface area (Å²) in [5.74, 6) is 3.48. The Kier molecular flexibility index (Phi) is 13.1. The van der Waals surface area contributed by atoms with Gasteiger partial charge in [-0.3, -0.25) is 0 Å². The Morgan fingerprint density at radius 2 is 1.11 bits per heavy atom. The molecule has 246 valence electrons. The molecule has 0 atom stereocenters. The summed E-state index contributed by atoms with van der Waals surface area (Å²) in [5, 5.41) is 7.74. The fourth-order valence-electron chi connectivity index (χ4n) is 5.12. The molecule has 0 fully saturated rings. The number of terminal acetylenes is 1. The van der Waals surface area contributed by atoms with E-state index in [9.17, 15) is 25.2 Å². The first-order chi connectivity index (χ1) is 21.3. The number of nitrogens with two attached hydrogens (primary N) is 1. The summed E-state index contributed by atoms with van der Waals surface area (Å²) in [6, 6.07) is 28.4. The van der Waals surface area contributed by atoms with Crippen molar-refractivity contribution in [3.63, 3.8) is 0 Å². The molecule has 0 spiro atoms. The van der Waals surface area contributed by atoms with Gasteiger partial charge in [0, 0.05) is 17.7 Å². The summed E-state index contributed by atoms with van der Waals surface area (Å²) in [6.07, 6.45) is 15.1. The second-order valence-electron chi connectivity index (χ2n) is 11.0. The summed E-state index contributed by atoms with van der Waals surface area (Å²) >= 11 is 0. The standard InChI is InChI=1S/C35H41NO2.F6P/c1-2-23-37-24-13-7-5-3-4-6-8-14-25-38-32-21-19-29(20-22-32)27-36-28-35-33-17-11-9-15-30(33)26-31-16-10-12-18-34(31)35;1-7(2,3,4,5)6/h1,9-12,15-22,26,36H,3-8,13-14,23-25,27-28H2;/q;-1/p+1. The van der Waals surface area contributed by atoms with Gasteiger partial charge in [-0.1, -0.05) is 93.0 Å². The van der Waals surface area contributed by atoms with Crippen molar-refractivity contribution in [2.24, 2.45) is 0 Å². The van der Waals surface area contributed by atoms with Crippen LogP contribution >= 0.6 is 7.81 Å². The van der Waals surface area contributed by atoms with Gasteiger partial charge in [0.05, 0.1) is 6.61 Å². The van der Waals surface area contributed by atoms with Crippen LogP contribution in [0.15, 0.2) is 78.9 Å². The quantitative estimate of drug-likeness (QED) is 0.0405. The fourth-order valence-corrected chi connectivity index (χ4v) is 5.12. The molecule has 2 N–H and O–H groups in total. The predicted octanol–water partition coefficient (Wildman–Crippen LogP) is 10.8. The van der Waals surface area contributed by atoms with E-state index < -0.39 is 7.81 Å². The van der Waals surface area contributed by atoms with Crippen LogP contribution in [0.2, 0.25) is 0 Å². The number of rotatable bonds is 17. The zero-order valence-electron chi connectivity index (χ0n) is 25.4. The third-order valence-corrected chi connectivity index (χ3v) is 7.17. The van der Waals surface area contributed by atoms with Crippen LogP contribution < -0.4 is 10.1 Å². The molecule has 0 aliphatic heterocycles. The molecular weight excluding hydrogens is 611 g/mol. The zero-order chi connectivity index (χ0) is 32.7. The summed E-state index contributed by atoms with van der Waals surface area (Å²) in [6.45, 7) is 3.95. The van der Waals surface area contributed by atoms with E-state index in [2.05, 4.69) is 90.1 Å². The Hall–Kier alpha value is -3.31. The maximum atomic E-state index is 9.87. The number of fused-ring (bicyclic) bond motifs is 2. The molecule has 0 saturated heterocycles. The molecule has 0 saturated carbocycles.